The van der Waals surface area contributed by atoms with Crippen LogP contribution in [-0.4, -0.2) is 28.8 Å². The number of benzene rings is 1. The van der Waals surface area contributed by atoms with Gasteiger partial charge in [-0.1, -0.05) is 51.8 Å². The summed E-state index contributed by atoms with van der Waals surface area (Å²) in [5, 5.41) is 10.3. The summed E-state index contributed by atoms with van der Waals surface area (Å²) in [6, 6.07) is 1.49. The first kappa shape index (κ1) is 23.2. The zero-order chi connectivity index (χ0) is 22.6. The van der Waals surface area contributed by atoms with Crippen LogP contribution in [0.3, 0.4) is 0 Å². The second-order valence-electron chi connectivity index (χ2n) is 8.47. The number of hydrogen-bond acceptors (Lipinski definition) is 5. The molecule has 1 aromatic carbocycles. The van der Waals surface area contributed by atoms with E-state index in [1.165, 1.54) is 30.2 Å². The molecule has 0 spiro atoms. The maximum absolute atomic E-state index is 12.5. The topological polar surface area (TPSA) is 106 Å². The quantitative estimate of drug-likeness (QED) is 0.718. The fourth-order valence-corrected chi connectivity index (χ4v) is 4.67. The fraction of sp³-hybridized carbons (Fsp3) is 0.591. The summed E-state index contributed by atoms with van der Waals surface area (Å²) < 4.78 is 27.6. The lowest BCUT2D eigenvalue weighted by Crippen LogP contribution is -2.38. The Morgan fingerprint density at radius 1 is 1.06 bits per heavy atom. The number of unbranched alkanes of at least 4 members (excludes halogenated alkanes) is 1. The van der Waals surface area contributed by atoms with Crippen molar-refractivity contribution in [3.8, 4) is 0 Å². The molecule has 2 aliphatic rings. The second kappa shape index (κ2) is 9.80. The number of urea groups is 1. The fourth-order valence-electron chi connectivity index (χ4n) is 3.91. The van der Waals surface area contributed by atoms with Crippen molar-refractivity contribution in [2.75, 3.05) is 5.32 Å². The van der Waals surface area contributed by atoms with Gasteiger partial charge in [-0.2, -0.15) is 8.42 Å². The third-order valence-corrected chi connectivity index (χ3v) is 6.88. The molecule has 170 valence electrons. The number of nitrogens with zero attached hydrogens (tertiary/aromatic N) is 3. The number of carbonyl (C=O) groups excluding carboxylic acids is 1. The number of amides is 2. The smallest absolute Gasteiger partial charge is 0.307 e. The van der Waals surface area contributed by atoms with Crippen molar-refractivity contribution in [1.82, 2.24) is 19.1 Å². The van der Waals surface area contributed by atoms with E-state index in [4.69, 9.17) is 0 Å². The molecule has 0 atom stereocenters. The summed E-state index contributed by atoms with van der Waals surface area (Å²) in [5.74, 6) is 0.0391. The van der Waals surface area contributed by atoms with Crippen LogP contribution >= 0.6 is 0 Å². The normalized spacial score (nSPS) is 14.6. The van der Waals surface area contributed by atoms with Crippen LogP contribution < -0.4 is 10.0 Å². The Bertz CT molecular complexity index is 1010. The van der Waals surface area contributed by atoms with Gasteiger partial charge >= 0.3 is 16.2 Å². The van der Waals surface area contributed by atoms with Crippen molar-refractivity contribution in [2.24, 2.45) is 0 Å². The number of rotatable bonds is 5. The summed E-state index contributed by atoms with van der Waals surface area (Å²) in [5.41, 5.74) is 6.17. The summed E-state index contributed by atoms with van der Waals surface area (Å²) in [4.78, 5) is 12.5. The maximum Gasteiger partial charge on any atom is 0.347 e. The Kier molecular flexibility index (Phi) is 7.35. The molecule has 31 heavy (non-hydrogen) atoms. The lowest BCUT2D eigenvalue weighted by molar-refractivity contribution is 0.256. The zero-order valence-corrected chi connectivity index (χ0v) is 19.7. The Hall–Kier alpha value is -2.42. The second-order valence-corrected chi connectivity index (χ2v) is 9.99. The molecule has 1 aromatic heterocycles. The molecular weight excluding hydrogens is 414 g/mol. The number of nitrogens with one attached hydrogen (secondary N) is 2. The van der Waals surface area contributed by atoms with Gasteiger partial charge in [0.05, 0.1) is 11.9 Å². The number of aryl methyl sites for hydroxylation is 2. The van der Waals surface area contributed by atoms with Gasteiger partial charge in [-0.25, -0.2) is 9.52 Å². The summed E-state index contributed by atoms with van der Waals surface area (Å²) in [7, 11) is -4.14. The van der Waals surface area contributed by atoms with Crippen molar-refractivity contribution in [3.05, 3.63) is 40.2 Å². The monoisotopic (exact) mass is 447 g/mol. The highest BCUT2D eigenvalue weighted by Crippen LogP contribution is 2.38. The van der Waals surface area contributed by atoms with Crippen LogP contribution in [0, 0.1) is 0 Å². The number of fused-ring (bicyclic) bond motifs is 2. The first-order valence-electron chi connectivity index (χ1n) is 11.2. The molecule has 1 heterocycles. The maximum atomic E-state index is 12.5. The Morgan fingerprint density at radius 3 is 2.13 bits per heavy atom. The number of anilines is 1. The molecule has 0 fully saturated rings. The van der Waals surface area contributed by atoms with Gasteiger partial charge in [0.25, 0.3) is 0 Å². The van der Waals surface area contributed by atoms with Crippen molar-refractivity contribution in [1.29, 1.82) is 0 Å². The van der Waals surface area contributed by atoms with E-state index in [1.54, 1.807) is 0 Å². The van der Waals surface area contributed by atoms with Gasteiger partial charge in [0.1, 0.15) is 0 Å². The molecule has 0 bridgehead atoms. The van der Waals surface area contributed by atoms with E-state index >= 15 is 0 Å². The van der Waals surface area contributed by atoms with Gasteiger partial charge in [0.15, 0.2) is 0 Å². The van der Waals surface area contributed by atoms with Gasteiger partial charge < -0.3 is 5.32 Å². The van der Waals surface area contributed by atoms with Crippen molar-refractivity contribution >= 4 is 21.9 Å². The average molecular weight is 448 g/mol. The van der Waals surface area contributed by atoms with E-state index in [0.29, 0.717) is 9.78 Å². The molecule has 2 amide bonds. The van der Waals surface area contributed by atoms with E-state index in [0.717, 1.165) is 55.3 Å². The van der Waals surface area contributed by atoms with Crippen LogP contribution in [0.15, 0.2) is 12.3 Å². The molecule has 0 saturated heterocycles. The Morgan fingerprint density at radius 2 is 1.65 bits per heavy atom. The minimum absolute atomic E-state index is 0.0391. The summed E-state index contributed by atoms with van der Waals surface area (Å²) in [6.07, 6.45) is 9.91. The van der Waals surface area contributed by atoms with Crippen molar-refractivity contribution < 1.29 is 13.2 Å². The largest absolute Gasteiger partial charge is 0.347 e. The van der Waals surface area contributed by atoms with E-state index < -0.39 is 16.2 Å². The van der Waals surface area contributed by atoms with Crippen LogP contribution in [-0.2, 0) is 35.9 Å². The summed E-state index contributed by atoms with van der Waals surface area (Å²) >= 11 is 0. The average Bonchev–Trinajstić information content (AvgIpc) is 3.47. The van der Waals surface area contributed by atoms with Crippen LogP contribution in [0.25, 0.3) is 0 Å². The molecule has 0 unspecified atom stereocenters. The standard InChI is InChI=1S/C18H23N5O3S.C4H10/c1-11(2)16-10-23(22-20-16)27(25,26)21-18(24)19-17-14-7-3-5-12(14)9-13-6-4-8-15(13)17;1-3-4-2/h9-11H,3-8H2,1-2H3,(H2,19,21,24);3-4H2,1-2H3. The first-order valence-corrected chi connectivity index (χ1v) is 12.6. The van der Waals surface area contributed by atoms with E-state index in [1.807, 2.05) is 18.6 Å². The lowest BCUT2D eigenvalue weighted by Gasteiger charge is -2.16. The molecule has 0 aliphatic heterocycles. The Balaban J connectivity index is 0.000000628. The molecule has 0 saturated carbocycles. The van der Waals surface area contributed by atoms with Gasteiger partial charge in [0.2, 0.25) is 0 Å². The highest BCUT2D eigenvalue weighted by atomic mass is 32.2. The van der Waals surface area contributed by atoms with E-state index in [9.17, 15) is 13.2 Å². The van der Waals surface area contributed by atoms with Crippen LogP contribution in [0.4, 0.5) is 10.5 Å². The highest BCUT2D eigenvalue weighted by Gasteiger charge is 2.26. The molecule has 2 aromatic rings. The molecular formula is C22H33N5O3S. The SMILES string of the molecule is CC(C)c1cn(S(=O)(=O)NC(=O)Nc2c3c(cc4c2CCC4)CCC3)nn1.CCCC. The van der Waals surface area contributed by atoms with Gasteiger partial charge in [0, 0.05) is 5.69 Å². The molecule has 4 rings (SSSR count). The van der Waals surface area contributed by atoms with E-state index in [2.05, 4.69) is 35.5 Å². The summed E-state index contributed by atoms with van der Waals surface area (Å²) in [6.45, 7) is 8.13. The van der Waals surface area contributed by atoms with Crippen LogP contribution in [0.5, 0.6) is 0 Å². The van der Waals surface area contributed by atoms with Crippen molar-refractivity contribution in [3.63, 3.8) is 0 Å². The molecule has 0 radical (unpaired) electrons. The van der Waals surface area contributed by atoms with Crippen LogP contribution in [0.2, 0.25) is 0 Å². The van der Waals surface area contributed by atoms with Gasteiger partial charge in [-0.05, 0) is 66.7 Å². The van der Waals surface area contributed by atoms with Gasteiger partial charge in [-0.3, -0.25) is 0 Å². The molecule has 2 N–H and O–H groups in total. The third-order valence-electron chi connectivity index (χ3n) is 5.76. The predicted octanol–water partition coefficient (Wildman–Crippen LogP) is 4.10. The number of aromatic nitrogens is 3. The van der Waals surface area contributed by atoms with Crippen LogP contribution in [0.1, 0.15) is 87.2 Å². The van der Waals surface area contributed by atoms with E-state index in [-0.39, 0.29) is 5.92 Å². The third kappa shape index (κ3) is 5.26. The van der Waals surface area contributed by atoms with Crippen molar-refractivity contribution in [2.45, 2.75) is 85.0 Å². The number of hydrogen-bond donors (Lipinski definition) is 2. The molecule has 2 aliphatic carbocycles. The first-order chi connectivity index (χ1) is 14.8. The molecule has 8 nitrogen and oxygen atoms in total. The minimum atomic E-state index is -4.14. The predicted molar refractivity (Wildman–Crippen MR) is 122 cm³/mol. The zero-order valence-electron chi connectivity index (χ0n) is 18.9. The minimum Gasteiger partial charge on any atom is -0.307 e. The van der Waals surface area contributed by atoms with Gasteiger partial charge in [-0.15, -0.1) is 9.19 Å². The lowest BCUT2D eigenvalue weighted by atomic mass is 9.99. The highest BCUT2D eigenvalue weighted by molar-refractivity contribution is 7.88. The molecule has 9 heteroatoms. The number of carbonyl (C=O) groups is 1. The Labute approximate surface area is 185 Å².